The first kappa shape index (κ1) is 23.7. The standard InChI is InChI=1S/C31H24N2O4/c1-2-16-35-23-12-10-21(11-13-23)30-26-15-14-24(18-28(26)37-31(33)27(30)19-32)36-29(34)17-22-8-5-7-20-6-3-4-9-25(20)22/h2-15,18,30H,1,16-17,33H2. The number of nitrogens with two attached hydrogens (primary N) is 1. The van der Waals surface area contributed by atoms with E-state index in [-0.39, 0.29) is 18.3 Å². The van der Waals surface area contributed by atoms with Crippen LogP contribution in [-0.4, -0.2) is 12.6 Å². The SMILES string of the molecule is C=CCOc1ccc(C2C(C#N)=C(N)Oc3cc(OC(=O)Cc4cccc5ccccc45)ccc32)cc1. The molecule has 0 aliphatic carbocycles. The van der Waals surface area contributed by atoms with E-state index in [1.807, 2.05) is 66.7 Å². The van der Waals surface area contributed by atoms with Crippen LogP contribution in [0.1, 0.15) is 22.6 Å². The van der Waals surface area contributed by atoms with E-state index in [1.54, 1.807) is 24.3 Å². The summed E-state index contributed by atoms with van der Waals surface area (Å²) in [7, 11) is 0. The molecule has 0 spiro atoms. The number of fused-ring (bicyclic) bond motifs is 2. The molecule has 1 aliphatic heterocycles. The Morgan fingerprint density at radius 1 is 1.03 bits per heavy atom. The van der Waals surface area contributed by atoms with Gasteiger partial charge in [-0.3, -0.25) is 4.79 Å². The zero-order valence-electron chi connectivity index (χ0n) is 20.0. The number of rotatable bonds is 7. The first-order valence-electron chi connectivity index (χ1n) is 11.8. The number of nitriles is 1. The maximum Gasteiger partial charge on any atom is 0.315 e. The fourth-order valence-electron chi connectivity index (χ4n) is 4.52. The predicted octanol–water partition coefficient (Wildman–Crippen LogP) is 5.77. The van der Waals surface area contributed by atoms with Gasteiger partial charge in [-0.15, -0.1) is 0 Å². The Balaban J connectivity index is 1.39. The highest BCUT2D eigenvalue weighted by Crippen LogP contribution is 2.43. The molecule has 5 rings (SSSR count). The van der Waals surface area contributed by atoms with Crippen molar-refractivity contribution in [3.63, 3.8) is 0 Å². The van der Waals surface area contributed by atoms with Crippen LogP contribution in [0.5, 0.6) is 17.2 Å². The topological polar surface area (TPSA) is 94.6 Å². The van der Waals surface area contributed by atoms with Crippen molar-refractivity contribution < 1.29 is 19.0 Å². The Morgan fingerprint density at radius 2 is 1.78 bits per heavy atom. The summed E-state index contributed by atoms with van der Waals surface area (Å²) in [6.45, 7) is 4.05. The lowest BCUT2D eigenvalue weighted by molar-refractivity contribution is -0.133. The van der Waals surface area contributed by atoms with E-state index in [9.17, 15) is 10.1 Å². The Labute approximate surface area is 214 Å². The van der Waals surface area contributed by atoms with E-state index >= 15 is 0 Å². The summed E-state index contributed by atoms with van der Waals surface area (Å²) in [5, 5.41) is 11.9. The summed E-state index contributed by atoms with van der Waals surface area (Å²) < 4.78 is 17.0. The van der Waals surface area contributed by atoms with Crippen molar-refractivity contribution in [3.8, 4) is 23.3 Å². The number of carbonyl (C=O) groups is 1. The van der Waals surface area contributed by atoms with E-state index in [0.29, 0.717) is 29.4 Å². The van der Waals surface area contributed by atoms with Gasteiger partial charge in [0.1, 0.15) is 35.5 Å². The summed E-state index contributed by atoms with van der Waals surface area (Å²) in [5.41, 5.74) is 8.94. The summed E-state index contributed by atoms with van der Waals surface area (Å²) in [4.78, 5) is 12.8. The highest BCUT2D eigenvalue weighted by Gasteiger charge is 2.31. The van der Waals surface area contributed by atoms with E-state index < -0.39 is 5.92 Å². The van der Waals surface area contributed by atoms with Gasteiger partial charge in [0.15, 0.2) is 0 Å². The molecule has 0 fully saturated rings. The molecule has 37 heavy (non-hydrogen) atoms. The van der Waals surface area contributed by atoms with Crippen molar-refractivity contribution in [1.82, 2.24) is 0 Å². The Hall–Kier alpha value is -5.02. The maximum absolute atomic E-state index is 12.8. The molecule has 1 aliphatic rings. The second kappa shape index (κ2) is 10.3. The molecule has 0 saturated carbocycles. The predicted molar refractivity (Wildman–Crippen MR) is 141 cm³/mol. The normalized spacial score (nSPS) is 14.3. The van der Waals surface area contributed by atoms with E-state index in [2.05, 4.69) is 12.6 Å². The summed E-state index contributed by atoms with van der Waals surface area (Å²) >= 11 is 0. The molecule has 1 heterocycles. The van der Waals surface area contributed by atoms with Gasteiger partial charge in [0.2, 0.25) is 5.88 Å². The third-order valence-corrected chi connectivity index (χ3v) is 6.22. The number of nitrogens with zero attached hydrogens (tertiary/aromatic N) is 1. The van der Waals surface area contributed by atoms with Crippen molar-refractivity contribution in [3.05, 3.63) is 126 Å². The van der Waals surface area contributed by atoms with Gasteiger partial charge in [-0.1, -0.05) is 73.3 Å². The van der Waals surface area contributed by atoms with Crippen LogP contribution in [0.2, 0.25) is 0 Å². The number of ether oxygens (including phenoxy) is 3. The number of carbonyl (C=O) groups excluding carboxylic acids is 1. The molecule has 0 bridgehead atoms. The summed E-state index contributed by atoms with van der Waals surface area (Å²) in [6, 6.07) is 28.5. The van der Waals surface area contributed by atoms with Crippen LogP contribution in [0.4, 0.5) is 0 Å². The summed E-state index contributed by atoms with van der Waals surface area (Å²) in [5.74, 6) is 0.668. The Morgan fingerprint density at radius 3 is 2.57 bits per heavy atom. The molecule has 0 amide bonds. The van der Waals surface area contributed by atoms with Gasteiger partial charge in [0, 0.05) is 11.6 Å². The van der Waals surface area contributed by atoms with Crippen LogP contribution >= 0.6 is 0 Å². The van der Waals surface area contributed by atoms with Crippen LogP contribution < -0.4 is 19.9 Å². The largest absolute Gasteiger partial charge is 0.490 e. The van der Waals surface area contributed by atoms with E-state index in [1.165, 1.54) is 0 Å². The molecule has 1 atom stereocenters. The van der Waals surface area contributed by atoms with Crippen molar-refractivity contribution in [2.24, 2.45) is 5.73 Å². The van der Waals surface area contributed by atoms with Crippen molar-refractivity contribution in [1.29, 1.82) is 5.26 Å². The quantitative estimate of drug-likeness (QED) is 0.202. The smallest absolute Gasteiger partial charge is 0.315 e. The highest BCUT2D eigenvalue weighted by atomic mass is 16.5. The maximum atomic E-state index is 12.8. The van der Waals surface area contributed by atoms with Gasteiger partial charge in [-0.05, 0) is 40.1 Å². The van der Waals surface area contributed by atoms with Gasteiger partial charge < -0.3 is 19.9 Å². The van der Waals surface area contributed by atoms with Gasteiger partial charge in [-0.2, -0.15) is 5.26 Å². The second-order valence-electron chi connectivity index (χ2n) is 8.58. The molecule has 0 saturated heterocycles. The third kappa shape index (κ3) is 4.89. The van der Waals surface area contributed by atoms with Gasteiger partial charge in [0.05, 0.1) is 12.3 Å². The first-order valence-corrected chi connectivity index (χ1v) is 11.8. The van der Waals surface area contributed by atoms with Gasteiger partial charge in [-0.25, -0.2) is 0 Å². The van der Waals surface area contributed by atoms with Crippen LogP contribution in [-0.2, 0) is 11.2 Å². The molecular weight excluding hydrogens is 464 g/mol. The Kier molecular flexibility index (Phi) is 6.60. The second-order valence-corrected chi connectivity index (χ2v) is 8.58. The van der Waals surface area contributed by atoms with Gasteiger partial charge >= 0.3 is 5.97 Å². The number of esters is 1. The monoisotopic (exact) mass is 488 g/mol. The zero-order valence-corrected chi connectivity index (χ0v) is 20.0. The molecule has 0 aromatic heterocycles. The molecule has 6 heteroatoms. The van der Waals surface area contributed by atoms with Crippen LogP contribution in [0.3, 0.4) is 0 Å². The summed E-state index contributed by atoms with van der Waals surface area (Å²) in [6.07, 6.45) is 1.80. The molecule has 6 nitrogen and oxygen atoms in total. The van der Waals surface area contributed by atoms with Crippen molar-refractivity contribution in [2.45, 2.75) is 12.3 Å². The number of hydrogen-bond donors (Lipinski definition) is 1. The van der Waals surface area contributed by atoms with E-state index in [0.717, 1.165) is 27.5 Å². The van der Waals surface area contributed by atoms with Crippen LogP contribution in [0, 0.1) is 11.3 Å². The van der Waals surface area contributed by atoms with Crippen molar-refractivity contribution >= 4 is 16.7 Å². The first-order chi connectivity index (χ1) is 18.1. The fourth-order valence-corrected chi connectivity index (χ4v) is 4.52. The average molecular weight is 489 g/mol. The molecule has 182 valence electrons. The lowest BCUT2D eigenvalue weighted by atomic mass is 9.83. The number of allylic oxidation sites excluding steroid dienone is 1. The lowest BCUT2D eigenvalue weighted by Crippen LogP contribution is -2.21. The Bertz CT molecular complexity index is 1560. The third-order valence-electron chi connectivity index (χ3n) is 6.22. The van der Waals surface area contributed by atoms with Gasteiger partial charge in [0.25, 0.3) is 0 Å². The molecular formula is C31H24N2O4. The number of benzene rings is 4. The average Bonchev–Trinajstić information content (AvgIpc) is 2.91. The minimum absolute atomic E-state index is 0.0196. The van der Waals surface area contributed by atoms with E-state index in [4.69, 9.17) is 19.9 Å². The zero-order chi connectivity index (χ0) is 25.8. The highest BCUT2D eigenvalue weighted by molar-refractivity contribution is 5.89. The minimum Gasteiger partial charge on any atom is -0.490 e. The fraction of sp³-hybridized carbons (Fsp3) is 0.0968. The van der Waals surface area contributed by atoms with Crippen LogP contribution in [0.25, 0.3) is 10.8 Å². The molecule has 0 radical (unpaired) electrons. The molecule has 4 aromatic carbocycles. The number of hydrogen-bond acceptors (Lipinski definition) is 6. The molecule has 1 unspecified atom stereocenters. The van der Waals surface area contributed by atoms with Crippen molar-refractivity contribution in [2.75, 3.05) is 6.61 Å². The lowest BCUT2D eigenvalue weighted by Gasteiger charge is -2.26. The molecule has 2 N–H and O–H groups in total. The minimum atomic E-state index is -0.428. The van der Waals surface area contributed by atoms with Crippen LogP contribution in [0.15, 0.2) is 109 Å². The molecule has 4 aromatic rings.